The van der Waals surface area contributed by atoms with Crippen molar-refractivity contribution in [3.63, 3.8) is 0 Å². The molecular formula is C7H12F2N2O. The van der Waals surface area contributed by atoms with E-state index < -0.39 is 18.9 Å². The summed E-state index contributed by atoms with van der Waals surface area (Å²) < 4.78 is 23.1. The first kappa shape index (κ1) is 11.0. The summed E-state index contributed by atoms with van der Waals surface area (Å²) in [5.74, 6) is -0.433. The van der Waals surface area contributed by atoms with Gasteiger partial charge in [-0.3, -0.25) is 4.79 Å². The van der Waals surface area contributed by atoms with E-state index >= 15 is 0 Å². The fourth-order valence-electron chi connectivity index (χ4n) is 0.541. The summed E-state index contributed by atoms with van der Waals surface area (Å²) in [4.78, 5) is 10.7. The summed E-state index contributed by atoms with van der Waals surface area (Å²) in [6.45, 7) is 3.36. The molecule has 0 bridgehead atoms. The van der Waals surface area contributed by atoms with Crippen LogP contribution < -0.4 is 10.6 Å². The minimum Gasteiger partial charge on any atom is -0.349 e. The molecule has 12 heavy (non-hydrogen) atoms. The Balaban J connectivity index is 3.27. The zero-order chi connectivity index (χ0) is 9.40. The normalized spacial score (nSPS) is 9.92. The minimum atomic E-state index is -2.49. The van der Waals surface area contributed by atoms with E-state index in [-0.39, 0.29) is 6.54 Å². The van der Waals surface area contributed by atoms with Crippen LogP contribution in [0.5, 0.6) is 0 Å². The molecule has 70 valence electrons. The molecule has 0 unspecified atom stereocenters. The maximum Gasteiger partial charge on any atom is 0.255 e. The molecule has 0 rings (SSSR count). The van der Waals surface area contributed by atoms with E-state index in [4.69, 9.17) is 0 Å². The van der Waals surface area contributed by atoms with Gasteiger partial charge >= 0.3 is 0 Å². The van der Waals surface area contributed by atoms with Crippen LogP contribution in [0.1, 0.15) is 0 Å². The van der Waals surface area contributed by atoms with Crippen LogP contribution >= 0.6 is 0 Å². The number of carbonyl (C=O) groups is 1. The Morgan fingerprint density at radius 2 is 2.25 bits per heavy atom. The van der Waals surface area contributed by atoms with Crippen LogP contribution in [0, 0.1) is 0 Å². The highest BCUT2D eigenvalue weighted by atomic mass is 19.3. The number of hydrogen-bond acceptors (Lipinski definition) is 2. The molecule has 0 aliphatic heterocycles. The highest BCUT2D eigenvalue weighted by molar-refractivity contribution is 5.77. The van der Waals surface area contributed by atoms with Crippen LogP contribution in [0.25, 0.3) is 0 Å². The monoisotopic (exact) mass is 178 g/mol. The minimum absolute atomic E-state index is 0.0404. The van der Waals surface area contributed by atoms with E-state index in [1.54, 1.807) is 6.08 Å². The van der Waals surface area contributed by atoms with Crippen molar-refractivity contribution in [2.45, 2.75) is 6.43 Å². The van der Waals surface area contributed by atoms with E-state index in [1.807, 2.05) is 0 Å². The first-order chi connectivity index (χ1) is 5.66. The number of alkyl halides is 2. The highest BCUT2D eigenvalue weighted by Crippen LogP contribution is 1.86. The fraction of sp³-hybridized carbons (Fsp3) is 0.571. The van der Waals surface area contributed by atoms with Crippen molar-refractivity contribution in [2.75, 3.05) is 19.6 Å². The van der Waals surface area contributed by atoms with Gasteiger partial charge in [-0.05, 0) is 0 Å². The lowest BCUT2D eigenvalue weighted by Gasteiger charge is -2.03. The van der Waals surface area contributed by atoms with Crippen molar-refractivity contribution in [1.29, 1.82) is 0 Å². The molecule has 0 aliphatic carbocycles. The van der Waals surface area contributed by atoms with Crippen molar-refractivity contribution in [1.82, 2.24) is 10.6 Å². The standard InChI is InChI=1S/C7H12F2N2O/c1-2-3-10-5-7(12)11-4-6(8)9/h2,6,10H,1,3-5H2,(H,11,12). The number of rotatable bonds is 6. The third kappa shape index (κ3) is 7.14. The van der Waals surface area contributed by atoms with Gasteiger partial charge in [0, 0.05) is 6.54 Å². The molecule has 2 N–H and O–H groups in total. The van der Waals surface area contributed by atoms with Crippen LogP contribution in [0.4, 0.5) is 8.78 Å². The number of hydrogen-bond donors (Lipinski definition) is 2. The van der Waals surface area contributed by atoms with Gasteiger partial charge in [0.25, 0.3) is 6.43 Å². The summed E-state index contributed by atoms with van der Waals surface area (Å²) in [7, 11) is 0. The molecule has 3 nitrogen and oxygen atoms in total. The maximum atomic E-state index is 11.5. The second-order valence-corrected chi connectivity index (χ2v) is 2.11. The first-order valence-electron chi connectivity index (χ1n) is 3.53. The molecule has 0 aromatic carbocycles. The number of halogens is 2. The molecule has 5 heteroatoms. The lowest BCUT2D eigenvalue weighted by molar-refractivity contribution is -0.120. The van der Waals surface area contributed by atoms with Gasteiger partial charge in [0.2, 0.25) is 5.91 Å². The molecule has 0 radical (unpaired) electrons. The number of amides is 1. The third-order valence-electron chi connectivity index (χ3n) is 1.03. The van der Waals surface area contributed by atoms with E-state index in [0.717, 1.165) is 0 Å². The van der Waals surface area contributed by atoms with Gasteiger partial charge in [-0.1, -0.05) is 6.08 Å². The predicted octanol–water partition coefficient (Wildman–Crippen LogP) is 0.143. The van der Waals surface area contributed by atoms with Crippen LogP contribution in [-0.4, -0.2) is 32.0 Å². The van der Waals surface area contributed by atoms with Crippen molar-refractivity contribution in [2.24, 2.45) is 0 Å². The average molecular weight is 178 g/mol. The van der Waals surface area contributed by atoms with Crippen molar-refractivity contribution >= 4 is 5.91 Å². The molecule has 0 saturated heterocycles. The van der Waals surface area contributed by atoms with Crippen LogP contribution in [0.15, 0.2) is 12.7 Å². The quantitative estimate of drug-likeness (QED) is 0.449. The summed E-state index contributed by atoms with van der Waals surface area (Å²) in [6.07, 6.45) is -0.909. The van der Waals surface area contributed by atoms with E-state index in [9.17, 15) is 13.6 Å². The predicted molar refractivity (Wildman–Crippen MR) is 42.1 cm³/mol. The lowest BCUT2D eigenvalue weighted by atomic mass is 10.5. The van der Waals surface area contributed by atoms with Crippen LogP contribution in [0.3, 0.4) is 0 Å². The molecule has 1 amide bonds. The second-order valence-electron chi connectivity index (χ2n) is 2.11. The smallest absolute Gasteiger partial charge is 0.255 e. The summed E-state index contributed by atoms with van der Waals surface area (Å²) in [6, 6.07) is 0. The Morgan fingerprint density at radius 1 is 1.58 bits per heavy atom. The Kier molecular flexibility index (Phi) is 6.18. The van der Waals surface area contributed by atoms with Gasteiger partial charge < -0.3 is 10.6 Å². The number of nitrogens with one attached hydrogen (secondary N) is 2. The van der Waals surface area contributed by atoms with Gasteiger partial charge in [-0.25, -0.2) is 8.78 Å². The maximum absolute atomic E-state index is 11.5. The Morgan fingerprint density at radius 3 is 2.75 bits per heavy atom. The van der Waals surface area contributed by atoms with Crippen molar-refractivity contribution in [3.05, 3.63) is 12.7 Å². The third-order valence-corrected chi connectivity index (χ3v) is 1.03. The summed E-state index contributed by atoms with van der Waals surface area (Å²) in [5.41, 5.74) is 0. The average Bonchev–Trinajstić information content (AvgIpc) is 2.01. The van der Waals surface area contributed by atoms with Gasteiger partial charge in [-0.15, -0.1) is 6.58 Å². The zero-order valence-corrected chi connectivity index (χ0v) is 6.65. The van der Waals surface area contributed by atoms with Crippen molar-refractivity contribution < 1.29 is 13.6 Å². The largest absolute Gasteiger partial charge is 0.349 e. The molecule has 0 aromatic heterocycles. The molecule has 0 aliphatic rings. The number of carbonyl (C=O) groups excluding carboxylic acids is 1. The van der Waals surface area contributed by atoms with E-state index in [1.165, 1.54) is 0 Å². The Bertz CT molecular complexity index is 150. The molecule has 0 atom stereocenters. The zero-order valence-electron chi connectivity index (χ0n) is 6.65. The Labute approximate surface area is 69.8 Å². The molecule has 0 fully saturated rings. The Hall–Kier alpha value is -0.970. The van der Waals surface area contributed by atoms with Gasteiger partial charge in [0.1, 0.15) is 0 Å². The molecule has 0 aromatic rings. The lowest BCUT2D eigenvalue weighted by Crippen LogP contribution is -2.36. The molecule has 0 saturated carbocycles. The highest BCUT2D eigenvalue weighted by Gasteiger charge is 2.04. The molecular weight excluding hydrogens is 166 g/mol. The van der Waals surface area contributed by atoms with Crippen LogP contribution in [-0.2, 0) is 4.79 Å². The first-order valence-corrected chi connectivity index (χ1v) is 3.53. The summed E-state index contributed by atoms with van der Waals surface area (Å²) in [5, 5.41) is 4.74. The van der Waals surface area contributed by atoms with Gasteiger partial charge in [-0.2, -0.15) is 0 Å². The van der Waals surface area contributed by atoms with Gasteiger partial charge in [0.05, 0.1) is 13.1 Å². The van der Waals surface area contributed by atoms with Crippen LogP contribution in [0.2, 0.25) is 0 Å². The molecule has 0 spiro atoms. The summed E-state index contributed by atoms with van der Waals surface area (Å²) >= 11 is 0. The molecule has 0 heterocycles. The fourth-order valence-corrected chi connectivity index (χ4v) is 0.541. The van der Waals surface area contributed by atoms with Gasteiger partial charge in [0.15, 0.2) is 0 Å². The van der Waals surface area contributed by atoms with Crippen molar-refractivity contribution in [3.8, 4) is 0 Å². The second kappa shape index (κ2) is 6.72. The SMILES string of the molecule is C=CCNCC(=O)NCC(F)F. The topological polar surface area (TPSA) is 41.1 Å². The van der Waals surface area contributed by atoms with E-state index in [0.29, 0.717) is 6.54 Å². The van der Waals surface area contributed by atoms with E-state index in [2.05, 4.69) is 17.2 Å².